The van der Waals surface area contributed by atoms with Gasteiger partial charge in [0.2, 0.25) is 0 Å². The lowest BCUT2D eigenvalue weighted by molar-refractivity contribution is -0.134. The van der Waals surface area contributed by atoms with Gasteiger partial charge in [0.15, 0.2) is 0 Å². The summed E-state index contributed by atoms with van der Waals surface area (Å²) in [4.78, 5) is 10.6. The van der Waals surface area contributed by atoms with Crippen LogP contribution in [0.4, 0.5) is 0 Å². The summed E-state index contributed by atoms with van der Waals surface area (Å²) in [6.07, 6.45) is 2.86. The van der Waals surface area contributed by atoms with Crippen molar-refractivity contribution in [1.29, 1.82) is 0 Å². The monoisotopic (exact) mass is 182 g/mol. The van der Waals surface area contributed by atoms with Crippen molar-refractivity contribution in [3.63, 3.8) is 0 Å². The van der Waals surface area contributed by atoms with Crippen LogP contribution in [-0.2, 0) is 9.53 Å². The zero-order valence-corrected chi connectivity index (χ0v) is 8.97. The third kappa shape index (κ3) is 7.10. The number of esters is 1. The molecular weight excluding hydrogens is 168 g/mol. The number of carbonyl (C=O) groups excluding carboxylic acids is 1. The first-order chi connectivity index (χ1) is 5.45. The number of ether oxygens (including phenoxy) is 1. The molecule has 66 valence electrons. The predicted molar refractivity (Wildman–Crippen MR) is 52.3 cm³/mol. The Morgan fingerprint density at radius 1 is 1.42 bits per heavy atom. The van der Waals surface area contributed by atoms with Gasteiger partial charge in [-0.15, -0.1) is 5.54 Å². The summed E-state index contributed by atoms with van der Waals surface area (Å²) in [7, 11) is 0.0419. The van der Waals surface area contributed by atoms with E-state index >= 15 is 0 Å². The number of rotatable bonds is 1. The fourth-order valence-corrected chi connectivity index (χ4v) is 0.952. The van der Waals surface area contributed by atoms with Gasteiger partial charge >= 0.3 is 5.97 Å². The molecule has 3 heteroatoms. The molecule has 2 nitrogen and oxygen atoms in total. The van der Waals surface area contributed by atoms with E-state index in [-0.39, 0.29) is 5.97 Å². The van der Waals surface area contributed by atoms with Crippen LogP contribution in [-0.4, -0.2) is 21.2 Å². The molecule has 0 aliphatic heterocycles. The molecule has 0 amide bonds. The summed E-state index contributed by atoms with van der Waals surface area (Å²) in [6, 6.07) is 0. The largest absolute Gasteiger partial charge is 0.466 e. The second-order valence-corrected chi connectivity index (χ2v) is 8.13. The Balaban J connectivity index is 4.03. The van der Waals surface area contributed by atoms with E-state index < -0.39 is 8.07 Å². The molecule has 0 aromatic heterocycles. The SMILES string of the molecule is COC(=O)/C=C/C#C[Si](C)(C)C. The van der Waals surface area contributed by atoms with E-state index in [0.29, 0.717) is 0 Å². The Kier molecular flexibility index (Phi) is 4.38. The van der Waals surface area contributed by atoms with E-state index in [2.05, 4.69) is 35.8 Å². The van der Waals surface area contributed by atoms with Crippen LogP contribution >= 0.6 is 0 Å². The molecule has 0 atom stereocenters. The van der Waals surface area contributed by atoms with Gasteiger partial charge < -0.3 is 4.74 Å². The Labute approximate surface area is 74.6 Å². The summed E-state index contributed by atoms with van der Waals surface area (Å²) < 4.78 is 4.40. The molecule has 0 saturated carbocycles. The van der Waals surface area contributed by atoms with Crippen LogP contribution in [0.2, 0.25) is 19.6 Å². The van der Waals surface area contributed by atoms with Crippen molar-refractivity contribution < 1.29 is 9.53 Å². The van der Waals surface area contributed by atoms with Crippen molar-refractivity contribution in [1.82, 2.24) is 0 Å². The third-order valence-electron chi connectivity index (χ3n) is 0.951. The second-order valence-electron chi connectivity index (χ2n) is 3.38. The molecule has 0 rings (SSSR count). The average Bonchev–Trinajstić information content (AvgIpc) is 1.96. The molecule has 0 fully saturated rings. The molecule has 0 heterocycles. The maximum atomic E-state index is 10.6. The summed E-state index contributed by atoms with van der Waals surface area (Å²) in [5, 5.41) is 0. The highest BCUT2D eigenvalue weighted by Gasteiger charge is 2.06. The molecule has 0 spiro atoms. The smallest absolute Gasteiger partial charge is 0.331 e. The Morgan fingerprint density at radius 2 is 2.00 bits per heavy atom. The van der Waals surface area contributed by atoms with Crippen LogP contribution in [0.1, 0.15) is 0 Å². The standard InChI is InChI=1S/C9H14O2Si/c1-11-9(10)7-5-6-8-12(2,3)4/h5,7H,1-4H3/b7-5+. The summed E-state index contributed by atoms with van der Waals surface area (Å²) in [5.74, 6) is 2.46. The lowest BCUT2D eigenvalue weighted by atomic mass is 10.5. The topological polar surface area (TPSA) is 26.3 Å². The van der Waals surface area contributed by atoms with Gasteiger partial charge in [0, 0.05) is 6.08 Å². The van der Waals surface area contributed by atoms with Gasteiger partial charge in [-0.3, -0.25) is 0 Å². The molecule has 0 radical (unpaired) electrons. The molecular formula is C9H14O2Si. The highest BCUT2D eigenvalue weighted by atomic mass is 28.3. The first-order valence-corrected chi connectivity index (χ1v) is 7.23. The van der Waals surface area contributed by atoms with E-state index in [1.165, 1.54) is 19.3 Å². The number of carbonyl (C=O) groups is 1. The van der Waals surface area contributed by atoms with Gasteiger partial charge in [0.25, 0.3) is 0 Å². The predicted octanol–water partition coefficient (Wildman–Crippen LogP) is 1.60. The van der Waals surface area contributed by atoms with Crippen LogP contribution in [0.15, 0.2) is 12.2 Å². The maximum Gasteiger partial charge on any atom is 0.331 e. The molecule has 0 aliphatic rings. The van der Waals surface area contributed by atoms with Crippen LogP contribution in [0.25, 0.3) is 0 Å². The lowest BCUT2D eigenvalue weighted by Gasteiger charge is -2.01. The zero-order chi connectivity index (χ0) is 9.61. The number of hydrogen-bond acceptors (Lipinski definition) is 2. The van der Waals surface area contributed by atoms with E-state index in [1.807, 2.05) is 0 Å². The van der Waals surface area contributed by atoms with Gasteiger partial charge in [-0.2, -0.15) is 0 Å². The maximum absolute atomic E-state index is 10.6. The molecule has 0 unspecified atom stereocenters. The fraction of sp³-hybridized carbons (Fsp3) is 0.444. The van der Waals surface area contributed by atoms with Crippen LogP contribution < -0.4 is 0 Å². The van der Waals surface area contributed by atoms with Crippen LogP contribution in [0.5, 0.6) is 0 Å². The van der Waals surface area contributed by atoms with Crippen molar-refractivity contribution in [2.24, 2.45) is 0 Å². The Hall–Kier alpha value is -1.01. The normalized spacial score (nSPS) is 10.7. The second kappa shape index (κ2) is 4.78. The third-order valence-corrected chi connectivity index (χ3v) is 1.85. The van der Waals surface area contributed by atoms with E-state index in [1.54, 1.807) is 0 Å². The van der Waals surface area contributed by atoms with Gasteiger partial charge in [0.1, 0.15) is 8.07 Å². The molecule has 0 aliphatic carbocycles. The van der Waals surface area contributed by atoms with Crippen LogP contribution in [0.3, 0.4) is 0 Å². The molecule has 0 saturated heterocycles. The average molecular weight is 182 g/mol. The van der Waals surface area contributed by atoms with Gasteiger partial charge in [-0.05, 0) is 6.08 Å². The molecule has 0 aromatic rings. The summed E-state index contributed by atoms with van der Waals surface area (Å²) >= 11 is 0. The highest BCUT2D eigenvalue weighted by molar-refractivity contribution is 6.83. The van der Waals surface area contributed by atoms with Crippen molar-refractivity contribution in [2.45, 2.75) is 19.6 Å². The summed E-state index contributed by atoms with van der Waals surface area (Å²) in [6.45, 7) is 6.43. The van der Waals surface area contributed by atoms with Gasteiger partial charge in [-0.1, -0.05) is 25.6 Å². The van der Waals surface area contributed by atoms with Crippen molar-refractivity contribution in [3.05, 3.63) is 12.2 Å². The van der Waals surface area contributed by atoms with Crippen molar-refractivity contribution in [3.8, 4) is 11.5 Å². The number of hydrogen-bond donors (Lipinski definition) is 0. The van der Waals surface area contributed by atoms with Gasteiger partial charge in [0.05, 0.1) is 7.11 Å². The van der Waals surface area contributed by atoms with E-state index in [9.17, 15) is 4.79 Å². The van der Waals surface area contributed by atoms with Crippen LogP contribution in [0, 0.1) is 11.5 Å². The van der Waals surface area contributed by atoms with Crippen molar-refractivity contribution in [2.75, 3.05) is 7.11 Å². The zero-order valence-electron chi connectivity index (χ0n) is 7.97. The molecule has 0 bridgehead atoms. The van der Waals surface area contributed by atoms with E-state index in [4.69, 9.17) is 0 Å². The summed E-state index contributed by atoms with van der Waals surface area (Å²) in [5.41, 5.74) is 3.10. The molecule has 12 heavy (non-hydrogen) atoms. The Bertz CT molecular complexity index is 237. The van der Waals surface area contributed by atoms with E-state index in [0.717, 1.165) is 0 Å². The van der Waals surface area contributed by atoms with Crippen molar-refractivity contribution >= 4 is 14.0 Å². The lowest BCUT2D eigenvalue weighted by Crippen LogP contribution is -2.16. The Morgan fingerprint density at radius 3 is 2.42 bits per heavy atom. The first-order valence-electron chi connectivity index (χ1n) is 3.73. The number of methoxy groups -OCH3 is 1. The minimum absolute atomic E-state index is 0.361. The highest BCUT2D eigenvalue weighted by Crippen LogP contribution is 1.95. The van der Waals surface area contributed by atoms with Gasteiger partial charge in [-0.25, -0.2) is 4.79 Å². The minimum Gasteiger partial charge on any atom is -0.466 e. The number of allylic oxidation sites excluding steroid dienone is 1. The molecule has 0 aromatic carbocycles. The minimum atomic E-state index is -1.30. The first kappa shape index (κ1) is 11.0. The fourth-order valence-electron chi connectivity index (χ4n) is 0.436. The quantitative estimate of drug-likeness (QED) is 0.266. The molecule has 0 N–H and O–H groups in total.